The molecule has 190 valence electrons. The van der Waals surface area contributed by atoms with Crippen molar-refractivity contribution < 1.29 is 18.7 Å². The minimum absolute atomic E-state index is 0.160. The van der Waals surface area contributed by atoms with Crippen molar-refractivity contribution in [2.75, 3.05) is 6.61 Å². The van der Waals surface area contributed by atoms with Crippen LogP contribution in [0.15, 0.2) is 84.2 Å². The summed E-state index contributed by atoms with van der Waals surface area (Å²) < 4.78 is 25.9. The number of fused-ring (bicyclic) bond motifs is 3. The van der Waals surface area contributed by atoms with E-state index in [-0.39, 0.29) is 22.9 Å². The molecule has 0 aliphatic carbocycles. The first-order valence-corrected chi connectivity index (χ1v) is 13.7. The predicted octanol–water partition coefficient (Wildman–Crippen LogP) is 8.24. The van der Waals surface area contributed by atoms with Crippen LogP contribution >= 0.6 is 10.5 Å². The van der Waals surface area contributed by atoms with Crippen molar-refractivity contribution in [1.29, 1.82) is 0 Å². The monoisotopic (exact) mass is 523 g/mol. The molecule has 1 atom stereocenters. The molecule has 1 unspecified atom stereocenters. The number of esters is 1. The van der Waals surface area contributed by atoms with E-state index in [9.17, 15) is 9.18 Å². The SMILES string of the molecule is Cc1cc(-[s+]2ccc3c4ccccc4ccc32)cc(C)c1OCC(=O)OC(C)(C)C#Cc1ccc(F)cc1. The molecule has 0 saturated heterocycles. The van der Waals surface area contributed by atoms with Crippen LogP contribution in [0.2, 0.25) is 0 Å². The summed E-state index contributed by atoms with van der Waals surface area (Å²) in [7, 11) is -0.160. The van der Waals surface area contributed by atoms with E-state index in [1.807, 2.05) is 13.8 Å². The zero-order chi connectivity index (χ0) is 26.9. The molecular weight excluding hydrogens is 495 g/mol. The molecule has 0 N–H and O–H groups in total. The van der Waals surface area contributed by atoms with Crippen LogP contribution in [0.4, 0.5) is 4.39 Å². The van der Waals surface area contributed by atoms with Crippen molar-refractivity contribution >= 4 is 37.3 Å². The maximum Gasteiger partial charge on any atom is 0.345 e. The molecule has 0 aliphatic rings. The van der Waals surface area contributed by atoms with E-state index in [0.717, 1.165) is 11.1 Å². The van der Waals surface area contributed by atoms with Gasteiger partial charge >= 0.3 is 5.97 Å². The third-order valence-corrected chi connectivity index (χ3v) is 8.26. The van der Waals surface area contributed by atoms with Crippen molar-refractivity contribution in [3.05, 3.63) is 107 Å². The van der Waals surface area contributed by atoms with Gasteiger partial charge in [0.05, 0.1) is 0 Å². The van der Waals surface area contributed by atoms with Crippen LogP contribution in [0.25, 0.3) is 25.8 Å². The fourth-order valence-electron chi connectivity index (χ4n) is 4.55. The lowest BCUT2D eigenvalue weighted by Crippen LogP contribution is -2.29. The molecule has 1 heterocycles. The third-order valence-electron chi connectivity index (χ3n) is 6.28. The minimum Gasteiger partial charge on any atom is -0.481 e. The number of carbonyl (C=O) groups is 1. The summed E-state index contributed by atoms with van der Waals surface area (Å²) in [5.74, 6) is 5.70. The molecule has 3 nitrogen and oxygen atoms in total. The molecule has 1 aromatic heterocycles. The number of thiophene rings is 1. The molecule has 5 heteroatoms. The van der Waals surface area contributed by atoms with Gasteiger partial charge in [-0.3, -0.25) is 0 Å². The Labute approximate surface area is 224 Å². The first-order chi connectivity index (χ1) is 18.2. The molecule has 5 aromatic rings. The van der Waals surface area contributed by atoms with Gasteiger partial charge in [0.15, 0.2) is 21.8 Å². The van der Waals surface area contributed by atoms with Crippen LogP contribution in [-0.2, 0) is 9.53 Å². The van der Waals surface area contributed by atoms with E-state index < -0.39 is 11.6 Å². The Hall–Kier alpha value is -4.14. The van der Waals surface area contributed by atoms with E-state index in [4.69, 9.17) is 9.47 Å². The number of benzene rings is 4. The highest BCUT2D eigenvalue weighted by atomic mass is 32.2. The number of hydrogen-bond acceptors (Lipinski definition) is 3. The number of hydrogen-bond donors (Lipinski definition) is 0. The molecule has 4 aromatic carbocycles. The van der Waals surface area contributed by atoms with Crippen molar-refractivity contribution in [1.82, 2.24) is 0 Å². The van der Waals surface area contributed by atoms with Crippen LogP contribution in [0.3, 0.4) is 0 Å². The van der Waals surface area contributed by atoms with Gasteiger partial charge in [-0.1, -0.05) is 36.1 Å². The van der Waals surface area contributed by atoms with Crippen molar-refractivity contribution in [2.45, 2.75) is 33.3 Å². The van der Waals surface area contributed by atoms with Gasteiger partial charge in [-0.25, -0.2) is 9.18 Å². The Morgan fingerprint density at radius 1 is 0.921 bits per heavy atom. The topological polar surface area (TPSA) is 35.5 Å². The molecule has 0 amide bonds. The summed E-state index contributed by atoms with van der Waals surface area (Å²) in [6.45, 7) is 7.20. The smallest absolute Gasteiger partial charge is 0.345 e. The van der Waals surface area contributed by atoms with E-state index in [2.05, 4.69) is 71.8 Å². The second-order valence-corrected chi connectivity index (χ2v) is 11.6. The molecule has 0 aliphatic heterocycles. The third kappa shape index (κ3) is 5.41. The van der Waals surface area contributed by atoms with E-state index >= 15 is 0 Å². The largest absolute Gasteiger partial charge is 0.481 e. The Balaban J connectivity index is 1.30. The highest BCUT2D eigenvalue weighted by Crippen LogP contribution is 2.44. The fourth-order valence-corrected chi connectivity index (χ4v) is 6.61. The lowest BCUT2D eigenvalue weighted by atomic mass is 10.1. The number of carbonyl (C=O) groups excluding carboxylic acids is 1. The number of ether oxygens (including phenoxy) is 2. The quantitative estimate of drug-likeness (QED) is 0.132. The predicted molar refractivity (Wildman–Crippen MR) is 154 cm³/mol. The Morgan fingerprint density at radius 2 is 1.63 bits per heavy atom. The van der Waals surface area contributed by atoms with Crippen LogP contribution in [-0.4, -0.2) is 18.2 Å². The average molecular weight is 524 g/mol. The highest BCUT2D eigenvalue weighted by Gasteiger charge is 2.23. The number of rotatable bonds is 5. The standard InChI is InChI=1S/C33H28FO3S/c1-22-19-27(38-18-16-29-28-8-6-5-7-25(28)11-14-30(29)38)20-23(2)32(22)36-21-31(35)37-33(3,4)17-15-24-9-12-26(34)13-10-24/h5-14,16,18-20H,21H2,1-4H3/q+1. The Kier molecular flexibility index (Phi) is 6.93. The summed E-state index contributed by atoms with van der Waals surface area (Å²) in [5, 5.41) is 6.08. The fraction of sp³-hybridized carbons (Fsp3) is 0.182. The van der Waals surface area contributed by atoms with Gasteiger partial charge in [-0.2, -0.15) is 0 Å². The molecule has 0 spiro atoms. The second-order valence-electron chi connectivity index (χ2n) is 9.76. The Morgan fingerprint density at radius 3 is 2.37 bits per heavy atom. The molecule has 0 bridgehead atoms. The zero-order valence-corrected chi connectivity index (χ0v) is 22.6. The number of halogens is 1. The van der Waals surface area contributed by atoms with Crippen molar-refractivity contribution in [3.8, 4) is 22.5 Å². The summed E-state index contributed by atoms with van der Waals surface area (Å²) in [6, 6.07) is 25.3. The lowest BCUT2D eigenvalue weighted by Gasteiger charge is -2.19. The summed E-state index contributed by atoms with van der Waals surface area (Å²) >= 11 is 0. The van der Waals surface area contributed by atoms with Gasteiger partial charge in [0.2, 0.25) is 0 Å². The normalized spacial score (nSPS) is 11.8. The van der Waals surface area contributed by atoms with Gasteiger partial charge in [0, 0.05) is 39.6 Å². The second kappa shape index (κ2) is 10.3. The van der Waals surface area contributed by atoms with Crippen LogP contribution in [0.5, 0.6) is 5.75 Å². The summed E-state index contributed by atoms with van der Waals surface area (Å²) in [5.41, 5.74) is 1.57. The van der Waals surface area contributed by atoms with E-state index in [1.54, 1.807) is 26.0 Å². The zero-order valence-electron chi connectivity index (χ0n) is 21.8. The lowest BCUT2D eigenvalue weighted by molar-refractivity contribution is -0.154. The van der Waals surface area contributed by atoms with Crippen molar-refractivity contribution in [2.24, 2.45) is 0 Å². The molecule has 0 saturated carbocycles. The molecule has 0 fully saturated rings. The van der Waals surface area contributed by atoms with Gasteiger partial charge in [-0.15, -0.1) is 0 Å². The van der Waals surface area contributed by atoms with Crippen LogP contribution < -0.4 is 4.74 Å². The van der Waals surface area contributed by atoms with E-state index in [0.29, 0.717) is 11.3 Å². The van der Waals surface area contributed by atoms with Crippen LogP contribution in [0.1, 0.15) is 30.5 Å². The van der Waals surface area contributed by atoms with E-state index in [1.165, 1.54) is 37.9 Å². The minimum atomic E-state index is -1.02. The first kappa shape index (κ1) is 25.5. The Bertz CT molecular complexity index is 1700. The van der Waals surface area contributed by atoms with Gasteiger partial charge in [0.25, 0.3) is 0 Å². The van der Waals surface area contributed by atoms with Crippen LogP contribution in [0, 0.1) is 31.5 Å². The average Bonchev–Trinajstić information content (AvgIpc) is 3.32. The molecule has 0 radical (unpaired) electrons. The molecule has 38 heavy (non-hydrogen) atoms. The van der Waals surface area contributed by atoms with Gasteiger partial charge in [-0.05, 0) is 86.0 Å². The van der Waals surface area contributed by atoms with Gasteiger partial charge in [0.1, 0.15) is 16.9 Å². The van der Waals surface area contributed by atoms with Crippen molar-refractivity contribution in [3.63, 3.8) is 0 Å². The first-order valence-electron chi connectivity index (χ1n) is 12.4. The van der Waals surface area contributed by atoms with Gasteiger partial charge < -0.3 is 9.47 Å². The highest BCUT2D eigenvalue weighted by molar-refractivity contribution is 7.43. The molecular formula is C33H28FO3S+. The number of aryl methyl sites for hydroxylation is 2. The maximum absolute atomic E-state index is 13.1. The molecule has 5 rings (SSSR count). The maximum atomic E-state index is 13.1. The summed E-state index contributed by atoms with van der Waals surface area (Å²) in [4.78, 5) is 13.8. The summed E-state index contributed by atoms with van der Waals surface area (Å²) in [6.07, 6.45) is 0.